The van der Waals surface area contributed by atoms with E-state index in [1.165, 1.54) is 24.8 Å². The van der Waals surface area contributed by atoms with E-state index in [1.807, 2.05) is 0 Å². The van der Waals surface area contributed by atoms with E-state index >= 15 is 0 Å². The van der Waals surface area contributed by atoms with Crippen molar-refractivity contribution in [2.45, 2.75) is 51.5 Å². The Morgan fingerprint density at radius 1 is 1.26 bits per heavy atom. The van der Waals surface area contributed by atoms with Crippen LogP contribution >= 0.6 is 0 Å². The first kappa shape index (κ1) is 14.4. The molecule has 0 saturated carbocycles. The lowest BCUT2D eigenvalue weighted by Gasteiger charge is -2.32. The van der Waals surface area contributed by atoms with Gasteiger partial charge < -0.3 is 10.1 Å². The maximum absolute atomic E-state index is 5.76. The van der Waals surface area contributed by atoms with Gasteiger partial charge in [-0.3, -0.25) is 0 Å². The second-order valence-electron chi connectivity index (χ2n) is 5.58. The third-order valence-corrected chi connectivity index (χ3v) is 4.61. The summed E-state index contributed by atoms with van der Waals surface area (Å²) in [5.41, 5.74) is 1.40. The van der Waals surface area contributed by atoms with Gasteiger partial charge in [-0.2, -0.15) is 0 Å². The average molecular weight is 261 g/mol. The van der Waals surface area contributed by atoms with Gasteiger partial charge in [-0.1, -0.05) is 44.9 Å². The Bertz CT molecular complexity index is 387. The topological polar surface area (TPSA) is 21.3 Å². The first-order valence-electron chi connectivity index (χ1n) is 7.69. The van der Waals surface area contributed by atoms with E-state index in [0.717, 1.165) is 24.7 Å². The van der Waals surface area contributed by atoms with Crippen LogP contribution < -0.4 is 10.1 Å². The number of rotatable bonds is 6. The highest BCUT2D eigenvalue weighted by atomic mass is 16.5. The smallest absolute Gasteiger partial charge is 0.122 e. The van der Waals surface area contributed by atoms with Crippen LogP contribution in [0.25, 0.3) is 0 Å². The molecule has 1 heterocycles. The van der Waals surface area contributed by atoms with Crippen molar-refractivity contribution in [2.75, 3.05) is 13.7 Å². The molecule has 2 nitrogen and oxygen atoms in total. The number of fused-ring (bicyclic) bond motifs is 1. The second kappa shape index (κ2) is 6.95. The van der Waals surface area contributed by atoms with Crippen LogP contribution in [-0.2, 0) is 0 Å². The van der Waals surface area contributed by atoms with Crippen LogP contribution in [0, 0.1) is 5.92 Å². The molecule has 106 valence electrons. The lowest BCUT2D eigenvalue weighted by Crippen LogP contribution is -2.35. The molecular weight excluding hydrogens is 234 g/mol. The van der Waals surface area contributed by atoms with Gasteiger partial charge in [0.1, 0.15) is 5.75 Å². The molecule has 2 unspecified atom stereocenters. The molecule has 19 heavy (non-hydrogen) atoms. The van der Waals surface area contributed by atoms with Crippen LogP contribution in [0.1, 0.15) is 51.0 Å². The first-order valence-corrected chi connectivity index (χ1v) is 7.69. The molecule has 0 fully saturated rings. The van der Waals surface area contributed by atoms with Gasteiger partial charge in [0, 0.05) is 6.04 Å². The van der Waals surface area contributed by atoms with Crippen LogP contribution in [0.15, 0.2) is 24.3 Å². The maximum Gasteiger partial charge on any atom is 0.122 e. The SMILES string of the molecule is CCC(CC)C(CC1CCOc2ccccc21)NC. The summed E-state index contributed by atoms with van der Waals surface area (Å²) >= 11 is 0. The van der Waals surface area contributed by atoms with Crippen molar-refractivity contribution in [3.8, 4) is 5.75 Å². The van der Waals surface area contributed by atoms with E-state index in [9.17, 15) is 0 Å². The van der Waals surface area contributed by atoms with E-state index < -0.39 is 0 Å². The van der Waals surface area contributed by atoms with E-state index in [2.05, 4.69) is 50.5 Å². The summed E-state index contributed by atoms with van der Waals surface area (Å²) in [6.45, 7) is 5.47. The Morgan fingerprint density at radius 2 is 2.00 bits per heavy atom. The Kier molecular flexibility index (Phi) is 5.26. The van der Waals surface area contributed by atoms with Gasteiger partial charge in [0.25, 0.3) is 0 Å². The lowest BCUT2D eigenvalue weighted by atomic mass is 9.82. The minimum absolute atomic E-state index is 0.617. The molecule has 2 rings (SSSR count). The maximum atomic E-state index is 5.76. The van der Waals surface area contributed by atoms with Crippen LogP contribution in [0.5, 0.6) is 5.75 Å². The van der Waals surface area contributed by atoms with Crippen LogP contribution in [0.4, 0.5) is 0 Å². The molecule has 1 N–H and O–H groups in total. The summed E-state index contributed by atoms with van der Waals surface area (Å²) in [6, 6.07) is 9.15. The minimum Gasteiger partial charge on any atom is -0.493 e. The molecule has 0 amide bonds. The quantitative estimate of drug-likeness (QED) is 0.836. The standard InChI is InChI=1S/C17H27NO/c1-4-13(5-2)16(18-3)12-14-10-11-19-17-9-7-6-8-15(14)17/h6-9,13-14,16,18H,4-5,10-12H2,1-3H3. The fourth-order valence-corrected chi connectivity index (χ4v) is 3.37. The van der Waals surface area contributed by atoms with Gasteiger partial charge in [-0.05, 0) is 43.4 Å². The van der Waals surface area contributed by atoms with Crippen molar-refractivity contribution in [3.63, 3.8) is 0 Å². The van der Waals surface area contributed by atoms with Crippen molar-refractivity contribution in [2.24, 2.45) is 5.92 Å². The molecule has 2 atom stereocenters. The lowest BCUT2D eigenvalue weighted by molar-refractivity contribution is 0.240. The van der Waals surface area contributed by atoms with Crippen LogP contribution in [-0.4, -0.2) is 19.7 Å². The van der Waals surface area contributed by atoms with Gasteiger partial charge in [-0.25, -0.2) is 0 Å². The number of benzene rings is 1. The highest BCUT2D eigenvalue weighted by Crippen LogP contribution is 2.37. The fraction of sp³-hybridized carbons (Fsp3) is 0.647. The molecule has 0 aliphatic carbocycles. The van der Waals surface area contributed by atoms with E-state index in [0.29, 0.717) is 12.0 Å². The molecule has 0 spiro atoms. The predicted molar refractivity (Wildman–Crippen MR) is 80.8 cm³/mol. The number of hydrogen-bond donors (Lipinski definition) is 1. The normalized spacial score (nSPS) is 19.9. The molecule has 1 aromatic carbocycles. The summed E-state index contributed by atoms with van der Waals surface area (Å²) in [5.74, 6) is 2.51. The van der Waals surface area contributed by atoms with Crippen molar-refractivity contribution >= 4 is 0 Å². The van der Waals surface area contributed by atoms with Crippen molar-refractivity contribution in [1.82, 2.24) is 5.32 Å². The highest BCUT2D eigenvalue weighted by molar-refractivity contribution is 5.37. The molecule has 2 heteroatoms. The van der Waals surface area contributed by atoms with Gasteiger partial charge in [-0.15, -0.1) is 0 Å². The summed E-state index contributed by atoms with van der Waals surface area (Å²) in [7, 11) is 2.11. The molecule has 0 bridgehead atoms. The van der Waals surface area contributed by atoms with Gasteiger partial charge in [0.2, 0.25) is 0 Å². The van der Waals surface area contributed by atoms with Crippen molar-refractivity contribution in [3.05, 3.63) is 29.8 Å². The Balaban J connectivity index is 2.10. The first-order chi connectivity index (χ1) is 9.30. The minimum atomic E-state index is 0.617. The van der Waals surface area contributed by atoms with Crippen molar-refractivity contribution in [1.29, 1.82) is 0 Å². The molecule has 1 aromatic rings. The third-order valence-electron chi connectivity index (χ3n) is 4.61. The largest absolute Gasteiger partial charge is 0.493 e. The number of ether oxygens (including phenoxy) is 1. The Hall–Kier alpha value is -1.02. The molecule has 0 saturated heterocycles. The van der Waals surface area contributed by atoms with E-state index in [4.69, 9.17) is 4.74 Å². The Morgan fingerprint density at radius 3 is 2.68 bits per heavy atom. The van der Waals surface area contributed by atoms with E-state index in [-0.39, 0.29) is 0 Å². The zero-order valence-corrected chi connectivity index (χ0v) is 12.5. The van der Waals surface area contributed by atoms with Gasteiger partial charge in [0.05, 0.1) is 6.61 Å². The number of para-hydroxylation sites is 1. The summed E-state index contributed by atoms with van der Waals surface area (Å²) in [6.07, 6.45) is 4.89. The summed E-state index contributed by atoms with van der Waals surface area (Å²) in [4.78, 5) is 0. The highest BCUT2D eigenvalue weighted by Gasteiger charge is 2.26. The molecular formula is C17H27NO. The Labute approximate surface area is 117 Å². The average Bonchev–Trinajstić information content (AvgIpc) is 2.47. The van der Waals surface area contributed by atoms with E-state index in [1.54, 1.807) is 0 Å². The predicted octanol–water partition coefficient (Wildman–Crippen LogP) is 3.97. The molecule has 0 aromatic heterocycles. The van der Waals surface area contributed by atoms with Crippen molar-refractivity contribution < 1.29 is 4.74 Å². The number of hydrogen-bond acceptors (Lipinski definition) is 2. The third kappa shape index (κ3) is 3.30. The van der Waals surface area contributed by atoms with Crippen LogP contribution in [0.2, 0.25) is 0 Å². The molecule has 1 aliphatic heterocycles. The molecule has 1 aliphatic rings. The van der Waals surface area contributed by atoms with Gasteiger partial charge in [0.15, 0.2) is 0 Å². The monoisotopic (exact) mass is 261 g/mol. The zero-order valence-electron chi connectivity index (χ0n) is 12.5. The van der Waals surface area contributed by atoms with Crippen LogP contribution in [0.3, 0.4) is 0 Å². The summed E-state index contributed by atoms with van der Waals surface area (Å²) in [5, 5.41) is 3.54. The fourth-order valence-electron chi connectivity index (χ4n) is 3.37. The number of nitrogens with one attached hydrogen (secondary N) is 1. The second-order valence-corrected chi connectivity index (χ2v) is 5.58. The summed E-state index contributed by atoms with van der Waals surface area (Å²) < 4.78 is 5.76. The van der Waals surface area contributed by atoms with Gasteiger partial charge >= 0.3 is 0 Å². The molecule has 0 radical (unpaired) electrons. The zero-order chi connectivity index (χ0) is 13.7.